The van der Waals surface area contributed by atoms with Gasteiger partial charge in [0.1, 0.15) is 0 Å². The highest BCUT2D eigenvalue weighted by atomic mass is 19.4. The van der Waals surface area contributed by atoms with E-state index in [9.17, 15) is 18.3 Å². The van der Waals surface area contributed by atoms with E-state index in [1.807, 2.05) is 6.92 Å². The number of nitrogens with two attached hydrogens (primary N) is 1. The fourth-order valence-corrected chi connectivity index (χ4v) is 1.45. The van der Waals surface area contributed by atoms with E-state index in [0.29, 0.717) is 6.42 Å². The van der Waals surface area contributed by atoms with E-state index in [2.05, 4.69) is 0 Å². The Labute approximate surface area is 91.9 Å². The topological polar surface area (TPSA) is 46.2 Å². The molecule has 0 aliphatic heterocycles. The molecule has 0 aromatic heterocycles. The smallest absolute Gasteiger partial charge is 0.375 e. The molecule has 5 heteroatoms. The van der Waals surface area contributed by atoms with E-state index < -0.39 is 18.3 Å². The van der Waals surface area contributed by atoms with E-state index in [-0.39, 0.29) is 5.56 Å². The van der Waals surface area contributed by atoms with Crippen LogP contribution < -0.4 is 5.73 Å². The van der Waals surface area contributed by atoms with Crippen molar-refractivity contribution >= 4 is 0 Å². The number of benzene rings is 1. The van der Waals surface area contributed by atoms with Gasteiger partial charge in [0.15, 0.2) is 5.60 Å². The molecule has 16 heavy (non-hydrogen) atoms. The average Bonchev–Trinajstić information content (AvgIpc) is 2.26. The van der Waals surface area contributed by atoms with Crippen LogP contribution in [0.4, 0.5) is 13.2 Å². The summed E-state index contributed by atoms with van der Waals surface area (Å²) in [4.78, 5) is 0. The molecule has 1 aromatic rings. The Balaban J connectivity index is 3.23. The van der Waals surface area contributed by atoms with Crippen molar-refractivity contribution in [3.05, 3.63) is 35.4 Å². The van der Waals surface area contributed by atoms with Crippen LogP contribution in [-0.2, 0) is 12.0 Å². The number of halogens is 3. The van der Waals surface area contributed by atoms with Crippen molar-refractivity contribution in [2.75, 3.05) is 6.54 Å². The van der Waals surface area contributed by atoms with Crippen molar-refractivity contribution < 1.29 is 18.3 Å². The lowest BCUT2D eigenvalue weighted by Gasteiger charge is -2.29. The van der Waals surface area contributed by atoms with Gasteiger partial charge in [0.05, 0.1) is 0 Å². The fraction of sp³-hybridized carbons (Fsp3) is 0.455. The first kappa shape index (κ1) is 13.0. The van der Waals surface area contributed by atoms with E-state index in [1.54, 1.807) is 6.07 Å². The third-order valence-corrected chi connectivity index (χ3v) is 2.58. The van der Waals surface area contributed by atoms with E-state index in [4.69, 9.17) is 5.73 Å². The van der Waals surface area contributed by atoms with Crippen LogP contribution in [-0.4, -0.2) is 17.8 Å². The number of alkyl halides is 3. The highest BCUT2D eigenvalue weighted by molar-refractivity contribution is 5.30. The van der Waals surface area contributed by atoms with Gasteiger partial charge in [0, 0.05) is 6.54 Å². The molecule has 0 saturated carbocycles. The lowest BCUT2D eigenvalue weighted by atomic mass is 9.91. The molecule has 0 aliphatic carbocycles. The van der Waals surface area contributed by atoms with Crippen LogP contribution in [0, 0.1) is 0 Å². The van der Waals surface area contributed by atoms with E-state index in [1.165, 1.54) is 18.2 Å². The minimum atomic E-state index is -4.77. The van der Waals surface area contributed by atoms with Crippen LogP contribution in [0.5, 0.6) is 0 Å². The fourth-order valence-electron chi connectivity index (χ4n) is 1.45. The predicted octanol–water partition coefficient (Wildman–Crippen LogP) is 1.96. The van der Waals surface area contributed by atoms with Crippen molar-refractivity contribution in [2.24, 2.45) is 5.73 Å². The predicted molar refractivity (Wildman–Crippen MR) is 54.8 cm³/mol. The molecule has 0 fully saturated rings. The van der Waals surface area contributed by atoms with Gasteiger partial charge in [0.2, 0.25) is 0 Å². The molecule has 0 amide bonds. The van der Waals surface area contributed by atoms with E-state index >= 15 is 0 Å². The first-order valence-electron chi connectivity index (χ1n) is 4.93. The van der Waals surface area contributed by atoms with Gasteiger partial charge in [-0.1, -0.05) is 31.2 Å². The molecule has 0 aliphatic rings. The summed E-state index contributed by atoms with van der Waals surface area (Å²) in [7, 11) is 0. The third kappa shape index (κ3) is 2.20. The molecule has 0 heterocycles. The van der Waals surface area contributed by atoms with Crippen LogP contribution >= 0.6 is 0 Å². The molecule has 0 saturated heterocycles. The lowest BCUT2D eigenvalue weighted by molar-refractivity contribution is -0.262. The number of hydrogen-bond acceptors (Lipinski definition) is 2. The summed E-state index contributed by atoms with van der Waals surface area (Å²) in [6.07, 6.45) is -4.17. The zero-order valence-corrected chi connectivity index (χ0v) is 8.88. The van der Waals surface area contributed by atoms with Crippen molar-refractivity contribution in [3.8, 4) is 0 Å². The Morgan fingerprint density at radius 3 is 2.38 bits per heavy atom. The Kier molecular flexibility index (Phi) is 3.60. The largest absolute Gasteiger partial charge is 0.422 e. The summed E-state index contributed by atoms with van der Waals surface area (Å²) in [6, 6.07) is 5.76. The van der Waals surface area contributed by atoms with Crippen molar-refractivity contribution in [1.82, 2.24) is 0 Å². The number of aryl methyl sites for hydroxylation is 1. The molecule has 2 nitrogen and oxygen atoms in total. The highest BCUT2D eigenvalue weighted by Crippen LogP contribution is 2.38. The second kappa shape index (κ2) is 4.43. The summed E-state index contributed by atoms with van der Waals surface area (Å²) < 4.78 is 38.1. The summed E-state index contributed by atoms with van der Waals surface area (Å²) in [6.45, 7) is 0.942. The molecule has 1 atom stereocenters. The molecule has 90 valence electrons. The Morgan fingerprint density at radius 1 is 1.31 bits per heavy atom. The standard InChI is InChI=1S/C11H14F3NO/c1-2-8-4-3-5-9(6-8)10(16,7-15)11(12,13)14/h3-6,16H,2,7,15H2,1H3. The summed E-state index contributed by atoms with van der Waals surface area (Å²) in [5.74, 6) is 0. The molecule has 0 spiro atoms. The van der Waals surface area contributed by atoms with Crippen molar-refractivity contribution in [2.45, 2.75) is 25.1 Å². The Bertz CT molecular complexity index is 364. The van der Waals surface area contributed by atoms with Gasteiger partial charge in [-0.3, -0.25) is 0 Å². The maximum Gasteiger partial charge on any atom is 0.422 e. The molecule has 1 unspecified atom stereocenters. The quantitative estimate of drug-likeness (QED) is 0.838. The zero-order valence-electron chi connectivity index (χ0n) is 8.88. The van der Waals surface area contributed by atoms with Gasteiger partial charge in [-0.15, -0.1) is 0 Å². The van der Waals surface area contributed by atoms with Crippen LogP contribution in [0.1, 0.15) is 18.1 Å². The lowest BCUT2D eigenvalue weighted by Crippen LogP contribution is -2.48. The van der Waals surface area contributed by atoms with Gasteiger partial charge >= 0.3 is 6.18 Å². The van der Waals surface area contributed by atoms with Crippen molar-refractivity contribution in [3.63, 3.8) is 0 Å². The van der Waals surface area contributed by atoms with Gasteiger partial charge in [-0.25, -0.2) is 0 Å². The van der Waals surface area contributed by atoms with Gasteiger partial charge in [-0.05, 0) is 17.5 Å². The molecule has 1 aromatic carbocycles. The molecular weight excluding hydrogens is 219 g/mol. The van der Waals surface area contributed by atoms with Gasteiger partial charge in [-0.2, -0.15) is 13.2 Å². The Hall–Kier alpha value is -1.07. The SMILES string of the molecule is CCc1cccc(C(O)(CN)C(F)(F)F)c1. The zero-order chi connectivity index (χ0) is 12.4. The minimum Gasteiger partial charge on any atom is -0.375 e. The summed E-state index contributed by atoms with van der Waals surface area (Å²) in [5.41, 5.74) is 2.61. The summed E-state index contributed by atoms with van der Waals surface area (Å²) in [5, 5.41) is 9.60. The second-order valence-electron chi connectivity index (χ2n) is 3.62. The maximum atomic E-state index is 12.7. The van der Waals surface area contributed by atoms with Crippen LogP contribution in [0.15, 0.2) is 24.3 Å². The number of hydrogen-bond donors (Lipinski definition) is 2. The highest BCUT2D eigenvalue weighted by Gasteiger charge is 2.54. The first-order chi connectivity index (χ1) is 7.35. The molecular formula is C11H14F3NO. The van der Waals surface area contributed by atoms with Gasteiger partial charge in [0.25, 0.3) is 0 Å². The monoisotopic (exact) mass is 233 g/mol. The molecule has 0 bridgehead atoms. The maximum absolute atomic E-state index is 12.7. The minimum absolute atomic E-state index is 0.207. The Morgan fingerprint density at radius 2 is 1.94 bits per heavy atom. The first-order valence-corrected chi connectivity index (χ1v) is 4.93. The second-order valence-corrected chi connectivity index (χ2v) is 3.62. The van der Waals surface area contributed by atoms with Gasteiger partial charge < -0.3 is 10.8 Å². The van der Waals surface area contributed by atoms with Crippen molar-refractivity contribution in [1.29, 1.82) is 0 Å². The summed E-state index contributed by atoms with van der Waals surface area (Å²) >= 11 is 0. The van der Waals surface area contributed by atoms with Crippen LogP contribution in [0.25, 0.3) is 0 Å². The number of aliphatic hydroxyl groups is 1. The molecule has 0 radical (unpaired) electrons. The molecule has 3 N–H and O–H groups in total. The number of rotatable bonds is 3. The normalized spacial score (nSPS) is 15.9. The third-order valence-electron chi connectivity index (χ3n) is 2.58. The van der Waals surface area contributed by atoms with Crippen LogP contribution in [0.3, 0.4) is 0 Å². The molecule has 1 rings (SSSR count). The average molecular weight is 233 g/mol. The van der Waals surface area contributed by atoms with E-state index in [0.717, 1.165) is 5.56 Å². The van der Waals surface area contributed by atoms with Crippen LogP contribution in [0.2, 0.25) is 0 Å².